The quantitative estimate of drug-likeness (QED) is 0.854. The highest BCUT2D eigenvalue weighted by Gasteiger charge is 2.22. The average Bonchev–Trinajstić information content (AvgIpc) is 2.84. The Morgan fingerprint density at radius 2 is 2.21 bits per heavy atom. The number of hydrogen-bond donors (Lipinski definition) is 2. The van der Waals surface area contributed by atoms with Crippen LogP contribution in [-0.2, 0) is 10.2 Å². The summed E-state index contributed by atoms with van der Waals surface area (Å²) in [5.41, 5.74) is 2.57. The van der Waals surface area contributed by atoms with Crippen LogP contribution in [0, 0.1) is 0 Å². The van der Waals surface area contributed by atoms with Gasteiger partial charge in [0.15, 0.2) is 12.0 Å². The third kappa shape index (κ3) is 3.12. The van der Waals surface area contributed by atoms with Gasteiger partial charge in [-0.2, -0.15) is 0 Å². The van der Waals surface area contributed by atoms with Gasteiger partial charge in [0, 0.05) is 12.0 Å². The normalized spacial score (nSPS) is 11.7. The van der Waals surface area contributed by atoms with E-state index in [4.69, 9.17) is 4.42 Å². The number of nitrogens with zero attached hydrogens (tertiary/aromatic N) is 1. The van der Waals surface area contributed by atoms with Gasteiger partial charge >= 0.3 is 0 Å². The van der Waals surface area contributed by atoms with Crippen LogP contribution in [0.15, 0.2) is 29.0 Å². The summed E-state index contributed by atoms with van der Waals surface area (Å²) in [5.74, 6) is -0.00341. The van der Waals surface area contributed by atoms with Crippen molar-refractivity contribution < 1.29 is 9.21 Å². The van der Waals surface area contributed by atoms with E-state index in [-0.39, 0.29) is 11.3 Å². The third-order valence-electron chi connectivity index (χ3n) is 3.18. The van der Waals surface area contributed by atoms with Crippen molar-refractivity contribution in [1.82, 2.24) is 15.6 Å². The van der Waals surface area contributed by atoms with Gasteiger partial charge in [0.05, 0.1) is 6.54 Å². The summed E-state index contributed by atoms with van der Waals surface area (Å²) in [4.78, 5) is 15.6. The predicted octanol–water partition coefficient (Wildman–Crippen LogP) is 1.44. The van der Waals surface area contributed by atoms with Crippen LogP contribution >= 0.6 is 0 Å². The molecule has 0 atom stereocenters. The van der Waals surface area contributed by atoms with Gasteiger partial charge in [-0.1, -0.05) is 19.9 Å². The maximum Gasteiger partial charge on any atom is 0.233 e. The van der Waals surface area contributed by atoms with Crippen molar-refractivity contribution in [3.63, 3.8) is 0 Å². The Morgan fingerprint density at radius 1 is 1.42 bits per heavy atom. The van der Waals surface area contributed by atoms with Crippen molar-refractivity contribution in [2.75, 3.05) is 20.1 Å². The number of amides is 1. The van der Waals surface area contributed by atoms with Gasteiger partial charge in [-0.25, -0.2) is 4.98 Å². The van der Waals surface area contributed by atoms with Gasteiger partial charge in [-0.3, -0.25) is 4.79 Å². The van der Waals surface area contributed by atoms with E-state index in [9.17, 15) is 4.79 Å². The highest BCUT2D eigenvalue weighted by Crippen LogP contribution is 2.25. The lowest BCUT2D eigenvalue weighted by Gasteiger charge is -2.25. The number of benzene rings is 1. The lowest BCUT2D eigenvalue weighted by Crippen LogP contribution is -2.40. The SMILES string of the molecule is CNCC(=O)NCC(C)(C)c1ccc2ncoc2c1. The molecule has 1 amide bonds. The van der Waals surface area contributed by atoms with Crippen LogP contribution in [0.4, 0.5) is 0 Å². The van der Waals surface area contributed by atoms with E-state index in [0.29, 0.717) is 13.1 Å². The first-order valence-corrected chi connectivity index (χ1v) is 6.28. The number of nitrogens with one attached hydrogen (secondary N) is 2. The van der Waals surface area contributed by atoms with Crippen LogP contribution in [0.3, 0.4) is 0 Å². The van der Waals surface area contributed by atoms with E-state index in [1.165, 1.54) is 6.39 Å². The fraction of sp³-hybridized carbons (Fsp3) is 0.429. The number of aromatic nitrogens is 1. The highest BCUT2D eigenvalue weighted by atomic mass is 16.3. The summed E-state index contributed by atoms with van der Waals surface area (Å²) in [5, 5.41) is 5.75. The second-order valence-corrected chi connectivity index (χ2v) is 5.23. The molecule has 0 saturated carbocycles. The number of fused-ring (bicyclic) bond motifs is 1. The Hall–Kier alpha value is -1.88. The Labute approximate surface area is 112 Å². The van der Waals surface area contributed by atoms with Crippen molar-refractivity contribution in [3.05, 3.63) is 30.2 Å². The van der Waals surface area contributed by atoms with Crippen molar-refractivity contribution >= 4 is 17.0 Å². The molecule has 19 heavy (non-hydrogen) atoms. The fourth-order valence-electron chi connectivity index (χ4n) is 1.92. The molecule has 5 nitrogen and oxygen atoms in total. The molecule has 0 unspecified atom stereocenters. The van der Waals surface area contributed by atoms with Gasteiger partial charge in [-0.15, -0.1) is 0 Å². The van der Waals surface area contributed by atoms with Crippen molar-refractivity contribution in [1.29, 1.82) is 0 Å². The van der Waals surface area contributed by atoms with Crippen LogP contribution < -0.4 is 10.6 Å². The van der Waals surface area contributed by atoms with E-state index < -0.39 is 0 Å². The van der Waals surface area contributed by atoms with Crippen LogP contribution in [0.2, 0.25) is 0 Å². The first-order valence-electron chi connectivity index (χ1n) is 6.28. The van der Waals surface area contributed by atoms with Crippen molar-refractivity contribution in [2.45, 2.75) is 19.3 Å². The maximum absolute atomic E-state index is 11.5. The van der Waals surface area contributed by atoms with E-state index in [0.717, 1.165) is 16.7 Å². The summed E-state index contributed by atoms with van der Waals surface area (Å²) < 4.78 is 5.31. The molecule has 0 aliphatic carbocycles. The molecule has 2 aromatic rings. The molecule has 0 aliphatic rings. The molecule has 1 aromatic heterocycles. The summed E-state index contributed by atoms with van der Waals surface area (Å²) in [6.45, 7) is 5.08. The second kappa shape index (κ2) is 5.40. The Kier molecular flexibility index (Phi) is 3.85. The van der Waals surface area contributed by atoms with Gasteiger partial charge in [-0.05, 0) is 24.7 Å². The Bertz CT molecular complexity index is 575. The number of carbonyl (C=O) groups excluding carboxylic acids is 1. The van der Waals surface area contributed by atoms with Crippen LogP contribution in [0.1, 0.15) is 19.4 Å². The Morgan fingerprint density at radius 3 is 2.95 bits per heavy atom. The van der Waals surface area contributed by atoms with Crippen LogP contribution in [0.5, 0.6) is 0 Å². The minimum atomic E-state index is -0.162. The molecule has 2 N–H and O–H groups in total. The monoisotopic (exact) mass is 261 g/mol. The zero-order chi connectivity index (χ0) is 13.9. The van der Waals surface area contributed by atoms with E-state index in [1.807, 2.05) is 18.2 Å². The molecule has 0 radical (unpaired) electrons. The van der Waals surface area contributed by atoms with Crippen molar-refractivity contribution in [2.24, 2.45) is 0 Å². The van der Waals surface area contributed by atoms with E-state index in [2.05, 4.69) is 29.5 Å². The minimum absolute atomic E-state index is 0.00341. The van der Waals surface area contributed by atoms with Gasteiger partial charge < -0.3 is 15.1 Å². The molecule has 0 fully saturated rings. The molecule has 1 heterocycles. The van der Waals surface area contributed by atoms with Crippen LogP contribution in [0.25, 0.3) is 11.1 Å². The molecule has 5 heteroatoms. The first kappa shape index (κ1) is 13.5. The van der Waals surface area contributed by atoms with E-state index in [1.54, 1.807) is 7.05 Å². The zero-order valence-electron chi connectivity index (χ0n) is 11.5. The summed E-state index contributed by atoms with van der Waals surface area (Å²) in [6.07, 6.45) is 1.44. The highest BCUT2D eigenvalue weighted by molar-refractivity contribution is 5.78. The topological polar surface area (TPSA) is 67.2 Å². The lowest BCUT2D eigenvalue weighted by molar-refractivity contribution is -0.120. The molecule has 2 rings (SSSR count). The standard InChI is InChI=1S/C14H19N3O2/c1-14(2,8-16-13(18)7-15-3)10-4-5-11-12(6-10)19-9-17-11/h4-6,9,15H,7-8H2,1-3H3,(H,16,18). The largest absolute Gasteiger partial charge is 0.443 e. The molecule has 0 bridgehead atoms. The Balaban J connectivity index is 2.11. The molecule has 0 saturated heterocycles. The number of hydrogen-bond acceptors (Lipinski definition) is 4. The summed E-state index contributed by atoms with van der Waals surface area (Å²) in [7, 11) is 1.75. The number of likely N-dealkylation sites (N-methyl/N-ethyl adjacent to an activating group) is 1. The molecular weight excluding hydrogens is 242 g/mol. The number of rotatable bonds is 5. The van der Waals surface area contributed by atoms with Gasteiger partial charge in [0.25, 0.3) is 0 Å². The molecular formula is C14H19N3O2. The van der Waals surface area contributed by atoms with E-state index >= 15 is 0 Å². The molecule has 102 valence electrons. The first-order chi connectivity index (χ1) is 9.03. The molecule has 1 aromatic carbocycles. The van der Waals surface area contributed by atoms with Gasteiger partial charge in [0.2, 0.25) is 5.91 Å². The summed E-state index contributed by atoms with van der Waals surface area (Å²) >= 11 is 0. The van der Waals surface area contributed by atoms with Gasteiger partial charge in [0.1, 0.15) is 5.52 Å². The second-order valence-electron chi connectivity index (χ2n) is 5.23. The average molecular weight is 261 g/mol. The predicted molar refractivity (Wildman–Crippen MR) is 74.0 cm³/mol. The number of carbonyl (C=O) groups is 1. The fourth-order valence-corrected chi connectivity index (χ4v) is 1.92. The lowest BCUT2D eigenvalue weighted by atomic mass is 9.84. The molecule has 0 aliphatic heterocycles. The number of oxazole rings is 1. The minimum Gasteiger partial charge on any atom is -0.443 e. The van der Waals surface area contributed by atoms with Crippen molar-refractivity contribution in [3.8, 4) is 0 Å². The summed E-state index contributed by atoms with van der Waals surface area (Å²) in [6, 6.07) is 5.94. The van der Waals surface area contributed by atoms with Crippen LogP contribution in [-0.4, -0.2) is 31.0 Å². The molecule has 0 spiro atoms. The zero-order valence-corrected chi connectivity index (χ0v) is 11.5. The smallest absolute Gasteiger partial charge is 0.233 e. The third-order valence-corrected chi connectivity index (χ3v) is 3.18. The maximum atomic E-state index is 11.5.